The molecule has 1 rings (SSSR count). The maximum absolute atomic E-state index is 6.08. The lowest BCUT2D eigenvalue weighted by Gasteiger charge is -2.09. The summed E-state index contributed by atoms with van der Waals surface area (Å²) in [6.45, 7) is 3.37. The summed E-state index contributed by atoms with van der Waals surface area (Å²) in [5, 5.41) is 0.456. The number of aromatic nitrogens is 1. The first-order valence-corrected chi connectivity index (χ1v) is 6.78. The average Bonchev–Trinajstić information content (AvgIpc) is 2.47. The Morgan fingerprint density at radius 3 is 2.40 bits per heavy atom. The number of pyridine rings is 1. The smallest absolute Gasteiger partial charge is 0.232 e. The number of hydrogen-bond donors (Lipinski definition) is 1. The normalized spacial score (nSPS) is 10.8. The summed E-state index contributed by atoms with van der Waals surface area (Å²) in [5.41, 5.74) is 6.36. The van der Waals surface area contributed by atoms with Crippen molar-refractivity contribution in [2.24, 2.45) is 5.73 Å². The lowest BCUT2D eigenvalue weighted by molar-refractivity contribution is 0.0176. The first kappa shape index (κ1) is 17.1. The van der Waals surface area contributed by atoms with Gasteiger partial charge in [0.1, 0.15) is 11.6 Å². The maximum atomic E-state index is 6.08. The van der Waals surface area contributed by atoms with E-state index in [1.54, 1.807) is 19.4 Å². The van der Waals surface area contributed by atoms with Gasteiger partial charge in [-0.3, -0.25) is 0 Å². The Labute approximate surface area is 124 Å². The van der Waals surface area contributed by atoms with Gasteiger partial charge in [-0.15, -0.1) is 0 Å². The number of halogens is 1. The van der Waals surface area contributed by atoms with Crippen molar-refractivity contribution in [1.82, 2.24) is 4.98 Å². The van der Waals surface area contributed by atoms with Gasteiger partial charge in [0.2, 0.25) is 5.88 Å². The van der Waals surface area contributed by atoms with E-state index in [0.717, 1.165) is 5.56 Å². The van der Waals surface area contributed by atoms with E-state index in [1.165, 1.54) is 0 Å². The molecule has 114 valence electrons. The van der Waals surface area contributed by atoms with Gasteiger partial charge < -0.3 is 24.7 Å². The molecule has 1 aromatic heterocycles. The lowest BCUT2D eigenvalue weighted by Crippen LogP contribution is -2.13. The maximum Gasteiger partial charge on any atom is 0.232 e. The van der Waals surface area contributed by atoms with Crippen molar-refractivity contribution in [2.75, 3.05) is 46.8 Å². The van der Waals surface area contributed by atoms with Crippen LogP contribution in [0.15, 0.2) is 12.3 Å². The van der Waals surface area contributed by atoms with Crippen LogP contribution in [-0.4, -0.2) is 51.7 Å². The van der Waals surface area contributed by atoms with Gasteiger partial charge >= 0.3 is 0 Å². The van der Waals surface area contributed by atoms with Crippen LogP contribution >= 0.6 is 11.6 Å². The van der Waals surface area contributed by atoms with Crippen molar-refractivity contribution >= 4 is 11.6 Å². The molecule has 0 aliphatic carbocycles. The van der Waals surface area contributed by atoms with Gasteiger partial charge in [-0.25, -0.2) is 4.98 Å². The molecular weight excluding hydrogens is 284 g/mol. The Hall–Kier alpha value is -0.920. The third kappa shape index (κ3) is 6.49. The number of ether oxygens (including phenoxy) is 4. The molecule has 0 bridgehead atoms. The minimum Gasteiger partial charge on any atom is -0.474 e. The van der Waals surface area contributed by atoms with Crippen molar-refractivity contribution in [3.63, 3.8) is 0 Å². The molecule has 1 aromatic rings. The van der Waals surface area contributed by atoms with E-state index in [4.69, 9.17) is 36.3 Å². The first-order valence-electron chi connectivity index (χ1n) is 6.40. The molecule has 0 aliphatic heterocycles. The Balaban J connectivity index is 2.09. The van der Waals surface area contributed by atoms with Crippen molar-refractivity contribution in [2.45, 2.75) is 6.54 Å². The fourth-order valence-electron chi connectivity index (χ4n) is 1.38. The summed E-state index contributed by atoms with van der Waals surface area (Å²) in [6, 6.07) is 1.77. The van der Waals surface area contributed by atoms with Crippen LogP contribution in [0.4, 0.5) is 0 Å². The predicted octanol–water partition coefficient (Wildman–Crippen LogP) is 1.25. The highest BCUT2D eigenvalue weighted by Crippen LogP contribution is 2.24. The van der Waals surface area contributed by atoms with Crippen LogP contribution in [0.3, 0.4) is 0 Å². The molecule has 6 nitrogen and oxygen atoms in total. The van der Waals surface area contributed by atoms with Gasteiger partial charge in [-0.05, 0) is 11.6 Å². The number of nitrogens with zero attached hydrogens (tertiary/aromatic N) is 1. The third-order valence-electron chi connectivity index (χ3n) is 2.43. The summed E-state index contributed by atoms with van der Waals surface area (Å²) in [6.07, 6.45) is 1.62. The zero-order chi connectivity index (χ0) is 14.6. The molecule has 7 heteroatoms. The Kier molecular flexibility index (Phi) is 9.27. The van der Waals surface area contributed by atoms with Crippen LogP contribution in [0.1, 0.15) is 5.56 Å². The van der Waals surface area contributed by atoms with E-state index < -0.39 is 0 Å². The average molecular weight is 305 g/mol. The zero-order valence-electron chi connectivity index (χ0n) is 11.6. The standard InChI is InChI=1S/C13H21ClN2O4/c1-17-4-5-18-6-7-19-8-9-20-13-12(14)11(10-15)2-3-16-13/h2-3H,4-10,15H2,1H3. The quantitative estimate of drug-likeness (QED) is 0.620. The summed E-state index contributed by atoms with van der Waals surface area (Å²) in [5.74, 6) is 0.384. The summed E-state index contributed by atoms with van der Waals surface area (Å²) >= 11 is 6.08. The van der Waals surface area contributed by atoms with E-state index in [9.17, 15) is 0 Å². The van der Waals surface area contributed by atoms with Gasteiger partial charge in [-0.1, -0.05) is 11.6 Å². The Bertz CT molecular complexity index is 379. The minimum absolute atomic E-state index is 0.354. The highest BCUT2D eigenvalue weighted by Gasteiger charge is 2.07. The second-order valence-corrected chi connectivity index (χ2v) is 4.24. The number of hydrogen-bond acceptors (Lipinski definition) is 6. The van der Waals surface area contributed by atoms with Crippen molar-refractivity contribution in [3.8, 4) is 5.88 Å². The molecule has 0 atom stereocenters. The van der Waals surface area contributed by atoms with E-state index in [1.807, 2.05) is 0 Å². The van der Waals surface area contributed by atoms with Crippen molar-refractivity contribution in [3.05, 3.63) is 22.8 Å². The van der Waals surface area contributed by atoms with E-state index in [2.05, 4.69) is 4.98 Å². The summed E-state index contributed by atoms with van der Waals surface area (Å²) < 4.78 is 20.9. The topological polar surface area (TPSA) is 75.8 Å². The Morgan fingerprint density at radius 1 is 1.10 bits per heavy atom. The van der Waals surface area contributed by atoms with Crippen LogP contribution in [0.2, 0.25) is 5.02 Å². The molecule has 1 heterocycles. The first-order chi connectivity index (χ1) is 9.79. The third-order valence-corrected chi connectivity index (χ3v) is 2.83. The van der Waals surface area contributed by atoms with Crippen molar-refractivity contribution < 1.29 is 18.9 Å². The molecule has 0 aliphatic rings. The molecule has 20 heavy (non-hydrogen) atoms. The number of nitrogens with two attached hydrogens (primary N) is 1. The van der Waals surface area contributed by atoms with Crippen LogP contribution in [0.5, 0.6) is 5.88 Å². The fourth-order valence-corrected chi connectivity index (χ4v) is 1.63. The molecule has 0 saturated heterocycles. The lowest BCUT2D eigenvalue weighted by atomic mass is 10.3. The molecule has 0 radical (unpaired) electrons. The monoisotopic (exact) mass is 304 g/mol. The van der Waals surface area contributed by atoms with Gasteiger partial charge in [0.05, 0.1) is 33.0 Å². The van der Waals surface area contributed by atoms with Crippen molar-refractivity contribution in [1.29, 1.82) is 0 Å². The molecule has 0 saturated carbocycles. The van der Waals surface area contributed by atoms with E-state index in [0.29, 0.717) is 57.1 Å². The number of methoxy groups -OCH3 is 1. The second-order valence-electron chi connectivity index (χ2n) is 3.86. The van der Waals surface area contributed by atoms with E-state index in [-0.39, 0.29) is 0 Å². The van der Waals surface area contributed by atoms with Gasteiger partial charge in [0.25, 0.3) is 0 Å². The number of rotatable bonds is 11. The zero-order valence-corrected chi connectivity index (χ0v) is 12.4. The summed E-state index contributed by atoms with van der Waals surface area (Å²) in [4.78, 5) is 4.05. The van der Waals surface area contributed by atoms with Crippen LogP contribution in [0.25, 0.3) is 0 Å². The molecule has 0 spiro atoms. The minimum atomic E-state index is 0.354. The van der Waals surface area contributed by atoms with Gasteiger partial charge in [-0.2, -0.15) is 0 Å². The van der Waals surface area contributed by atoms with Gasteiger partial charge in [0.15, 0.2) is 0 Å². The van der Waals surface area contributed by atoms with Gasteiger partial charge in [0, 0.05) is 19.9 Å². The van der Waals surface area contributed by atoms with Crippen LogP contribution < -0.4 is 10.5 Å². The second kappa shape index (κ2) is 10.8. The highest BCUT2D eigenvalue weighted by atomic mass is 35.5. The molecule has 0 fully saturated rings. The SMILES string of the molecule is COCCOCCOCCOc1nccc(CN)c1Cl. The largest absolute Gasteiger partial charge is 0.474 e. The summed E-state index contributed by atoms with van der Waals surface area (Å²) in [7, 11) is 1.63. The Morgan fingerprint density at radius 2 is 1.75 bits per heavy atom. The molecule has 0 unspecified atom stereocenters. The van der Waals surface area contributed by atoms with Crippen LogP contribution in [-0.2, 0) is 20.8 Å². The molecule has 0 aromatic carbocycles. The molecule has 0 amide bonds. The highest BCUT2D eigenvalue weighted by molar-refractivity contribution is 6.32. The predicted molar refractivity (Wildman–Crippen MR) is 76.1 cm³/mol. The fraction of sp³-hybridized carbons (Fsp3) is 0.615. The van der Waals surface area contributed by atoms with E-state index >= 15 is 0 Å². The molecular formula is C13H21ClN2O4. The molecule has 2 N–H and O–H groups in total. The van der Waals surface area contributed by atoms with Crippen LogP contribution in [0, 0.1) is 0 Å².